The average molecular weight is 765 g/mol. The maximum absolute atomic E-state index is 13.4. The minimum Gasteiger partial charge on any atom is -0.483 e. The van der Waals surface area contributed by atoms with Crippen LogP contribution in [-0.4, -0.2) is 50.9 Å². The van der Waals surface area contributed by atoms with Crippen LogP contribution in [0.4, 0.5) is 11.4 Å². The van der Waals surface area contributed by atoms with Crippen LogP contribution in [0.5, 0.6) is 5.75 Å². The van der Waals surface area contributed by atoms with Crippen LogP contribution in [0.3, 0.4) is 0 Å². The molecule has 268 valence electrons. The Hall–Kier alpha value is -3.68. The quantitative estimate of drug-likeness (QED) is 0.180. The number of hydrazone groups is 1. The number of benzene rings is 3. The van der Waals surface area contributed by atoms with E-state index in [0.717, 1.165) is 29.7 Å². The van der Waals surface area contributed by atoms with Crippen molar-refractivity contribution in [3.05, 3.63) is 86.4 Å². The van der Waals surface area contributed by atoms with Crippen molar-refractivity contribution in [1.82, 2.24) is 10.0 Å². The maximum atomic E-state index is 13.4. The molecule has 3 aromatic rings. The highest BCUT2D eigenvalue weighted by Gasteiger charge is 2.41. The summed E-state index contributed by atoms with van der Waals surface area (Å²) in [5.41, 5.74) is 2.33. The standard InChI is InChI=1S/C35H40Cl3N5O6S/c1-8-34(3,4)21-13-14-27(24(16-21)35(5,6)9-2)49-19-28(44)39-23-12-10-11-20(15-23)32(45)40-31-29(42-50(7,47)48)33(46)43(41-31)30-25(37)17-22(36)18-26(30)38/h10-18,29,42H,8-9,19H2,1-7H3,(H,39,44)(H,40,41,45). The molecule has 11 nitrogen and oxygen atoms in total. The van der Waals surface area contributed by atoms with Crippen molar-refractivity contribution < 1.29 is 27.5 Å². The van der Waals surface area contributed by atoms with E-state index >= 15 is 0 Å². The van der Waals surface area contributed by atoms with Crippen LogP contribution < -0.4 is 25.1 Å². The van der Waals surface area contributed by atoms with Crippen LogP contribution in [-0.2, 0) is 30.4 Å². The molecule has 0 radical (unpaired) electrons. The lowest BCUT2D eigenvalue weighted by atomic mass is 9.76. The molecule has 1 unspecified atom stereocenters. The minimum absolute atomic E-state index is 0.0195. The molecule has 0 fully saturated rings. The molecule has 0 saturated heterocycles. The van der Waals surface area contributed by atoms with Crippen molar-refractivity contribution >= 4 is 79.8 Å². The first kappa shape index (κ1) is 39.1. The van der Waals surface area contributed by atoms with Crippen LogP contribution in [0.1, 0.15) is 75.9 Å². The van der Waals surface area contributed by atoms with Crippen molar-refractivity contribution in [2.24, 2.45) is 5.10 Å². The fourth-order valence-electron chi connectivity index (χ4n) is 5.04. The number of nitrogens with zero attached hydrogens (tertiary/aromatic N) is 2. The van der Waals surface area contributed by atoms with Gasteiger partial charge >= 0.3 is 0 Å². The first-order chi connectivity index (χ1) is 23.3. The first-order valence-electron chi connectivity index (χ1n) is 15.8. The fraction of sp³-hybridized carbons (Fsp3) is 0.371. The van der Waals surface area contributed by atoms with Crippen LogP contribution in [0.25, 0.3) is 0 Å². The van der Waals surface area contributed by atoms with Crippen LogP contribution in [0, 0.1) is 0 Å². The summed E-state index contributed by atoms with van der Waals surface area (Å²) in [5.74, 6) is -1.76. The van der Waals surface area contributed by atoms with Gasteiger partial charge < -0.3 is 15.4 Å². The number of amidine groups is 1. The van der Waals surface area contributed by atoms with Crippen LogP contribution in [0.15, 0.2) is 59.7 Å². The molecule has 0 aliphatic carbocycles. The number of hydrogen-bond acceptors (Lipinski definition) is 7. The van der Waals surface area contributed by atoms with Crippen molar-refractivity contribution in [3.8, 4) is 5.75 Å². The summed E-state index contributed by atoms with van der Waals surface area (Å²) in [6.07, 6.45) is 2.69. The van der Waals surface area contributed by atoms with Gasteiger partial charge in [0.05, 0.1) is 16.3 Å². The molecule has 1 aliphatic rings. The number of rotatable bonds is 12. The summed E-state index contributed by atoms with van der Waals surface area (Å²) in [4.78, 5) is 39.7. The molecule has 50 heavy (non-hydrogen) atoms. The Kier molecular flexibility index (Phi) is 12.0. The van der Waals surface area contributed by atoms with E-state index in [1.165, 1.54) is 29.8 Å². The fourth-order valence-corrected chi connectivity index (χ4v) is 6.65. The SMILES string of the molecule is CCC(C)(C)c1ccc(OCC(=O)Nc2cccc(C(=O)NC3=NN(c4c(Cl)cc(Cl)cc4Cl)C(=O)C3NS(C)(=O)=O)c2)c(C(C)(C)CC)c1. The van der Waals surface area contributed by atoms with Crippen LogP contribution >= 0.6 is 34.8 Å². The highest BCUT2D eigenvalue weighted by atomic mass is 35.5. The molecule has 3 N–H and O–H groups in total. The molecule has 0 spiro atoms. The lowest BCUT2D eigenvalue weighted by Gasteiger charge is -2.30. The zero-order valence-electron chi connectivity index (χ0n) is 28.8. The molecule has 3 amide bonds. The Balaban J connectivity index is 1.51. The highest BCUT2D eigenvalue weighted by Crippen LogP contribution is 2.40. The summed E-state index contributed by atoms with van der Waals surface area (Å²) < 4.78 is 32.5. The molecule has 1 aliphatic heterocycles. The molecule has 4 rings (SSSR count). The Labute approximate surface area is 307 Å². The molecule has 0 saturated carbocycles. The van der Waals surface area contributed by atoms with E-state index in [0.29, 0.717) is 11.4 Å². The van der Waals surface area contributed by atoms with Crippen molar-refractivity contribution in [2.45, 2.75) is 71.3 Å². The Morgan fingerprint density at radius 3 is 2.16 bits per heavy atom. The molecule has 1 heterocycles. The number of ether oxygens (including phenoxy) is 1. The van der Waals surface area contributed by atoms with Crippen molar-refractivity contribution in [1.29, 1.82) is 0 Å². The molecule has 0 bridgehead atoms. The van der Waals surface area contributed by atoms with E-state index in [1.54, 1.807) is 12.1 Å². The second kappa shape index (κ2) is 15.3. The van der Waals surface area contributed by atoms with Crippen molar-refractivity contribution in [2.75, 3.05) is 23.2 Å². The summed E-state index contributed by atoms with van der Waals surface area (Å²) in [6.45, 7) is 12.7. The van der Waals surface area contributed by atoms with Gasteiger partial charge in [0, 0.05) is 21.8 Å². The molecule has 15 heteroatoms. The van der Waals surface area contributed by atoms with Gasteiger partial charge in [-0.05, 0) is 65.6 Å². The average Bonchev–Trinajstić information content (AvgIpc) is 3.31. The molecule has 3 aromatic carbocycles. The van der Waals surface area contributed by atoms with Crippen LogP contribution in [0.2, 0.25) is 15.1 Å². The number of sulfonamides is 1. The number of carbonyl (C=O) groups excluding carboxylic acids is 3. The summed E-state index contributed by atoms with van der Waals surface area (Å²) in [5, 5.41) is 10.3. The maximum Gasteiger partial charge on any atom is 0.273 e. The second-order valence-electron chi connectivity index (χ2n) is 13.2. The van der Waals surface area contributed by atoms with E-state index in [9.17, 15) is 22.8 Å². The largest absolute Gasteiger partial charge is 0.483 e. The zero-order chi connectivity index (χ0) is 37.2. The molecular weight excluding hydrogens is 725 g/mol. The predicted molar refractivity (Wildman–Crippen MR) is 199 cm³/mol. The van der Waals surface area contributed by atoms with E-state index < -0.39 is 33.8 Å². The number of carbonyl (C=O) groups is 3. The number of nitrogens with one attached hydrogen (secondary N) is 3. The normalized spacial score (nSPS) is 15.2. The molecule has 1 atom stereocenters. The Morgan fingerprint density at radius 1 is 0.920 bits per heavy atom. The Morgan fingerprint density at radius 2 is 1.56 bits per heavy atom. The van der Waals surface area contributed by atoms with Gasteiger partial charge in [-0.1, -0.05) is 94.5 Å². The van der Waals surface area contributed by atoms with Gasteiger partial charge in [0.25, 0.3) is 17.7 Å². The van der Waals surface area contributed by atoms with Gasteiger partial charge in [0.1, 0.15) is 11.4 Å². The van der Waals surface area contributed by atoms with Gasteiger partial charge in [-0.3, -0.25) is 14.4 Å². The lowest BCUT2D eigenvalue weighted by Crippen LogP contribution is -2.51. The number of halogens is 3. The Bertz CT molecular complexity index is 1940. The molecular formula is C35H40Cl3N5O6S. The third-order valence-corrected chi connectivity index (χ3v) is 10.2. The van der Waals surface area contributed by atoms with Gasteiger partial charge in [0.2, 0.25) is 10.0 Å². The highest BCUT2D eigenvalue weighted by molar-refractivity contribution is 7.88. The van der Waals surface area contributed by atoms with Gasteiger partial charge in [-0.15, -0.1) is 5.10 Å². The second-order valence-corrected chi connectivity index (χ2v) is 16.3. The summed E-state index contributed by atoms with van der Waals surface area (Å²) in [7, 11) is -3.95. The minimum atomic E-state index is -3.95. The van der Waals surface area contributed by atoms with Gasteiger partial charge in [-0.25, -0.2) is 8.42 Å². The smallest absolute Gasteiger partial charge is 0.273 e. The van der Waals surface area contributed by atoms with E-state index in [4.69, 9.17) is 39.5 Å². The van der Waals surface area contributed by atoms with E-state index in [-0.39, 0.29) is 49.6 Å². The third kappa shape index (κ3) is 9.15. The number of anilines is 2. The lowest BCUT2D eigenvalue weighted by molar-refractivity contribution is -0.118. The summed E-state index contributed by atoms with van der Waals surface area (Å²) in [6, 6.07) is 13.2. The monoisotopic (exact) mass is 763 g/mol. The molecule has 0 aromatic heterocycles. The van der Waals surface area contributed by atoms with E-state index in [2.05, 4.69) is 68.1 Å². The number of hydrogen-bond donors (Lipinski definition) is 3. The third-order valence-electron chi connectivity index (χ3n) is 8.73. The van der Waals surface area contributed by atoms with Gasteiger partial charge in [0.15, 0.2) is 18.5 Å². The van der Waals surface area contributed by atoms with Crippen molar-refractivity contribution in [3.63, 3.8) is 0 Å². The predicted octanol–water partition coefficient (Wildman–Crippen LogP) is 7.05. The number of amides is 3. The topological polar surface area (TPSA) is 146 Å². The zero-order valence-corrected chi connectivity index (χ0v) is 31.9. The first-order valence-corrected chi connectivity index (χ1v) is 18.8. The van der Waals surface area contributed by atoms with E-state index in [1.807, 2.05) is 12.1 Å². The van der Waals surface area contributed by atoms with Gasteiger partial charge in [-0.2, -0.15) is 9.73 Å². The summed E-state index contributed by atoms with van der Waals surface area (Å²) >= 11 is 18.6.